The van der Waals surface area contributed by atoms with Gasteiger partial charge in [0.05, 0.1) is 17.3 Å². The largest absolute Gasteiger partial charge is 0.399 e. The molecule has 3 nitrogen and oxygen atoms in total. The first-order valence-electron chi connectivity index (χ1n) is 5.72. The fourth-order valence-corrected chi connectivity index (χ4v) is 2.65. The highest BCUT2D eigenvalue weighted by atomic mass is 32.1. The van der Waals surface area contributed by atoms with Gasteiger partial charge in [0.2, 0.25) is 0 Å². The van der Waals surface area contributed by atoms with Crippen LogP contribution < -0.4 is 11.1 Å². The van der Waals surface area contributed by atoms with Gasteiger partial charge in [-0.3, -0.25) is 0 Å². The fraction of sp³-hybridized carbons (Fsp3) is 0.214. The van der Waals surface area contributed by atoms with Crippen LogP contribution in [0.25, 0.3) is 0 Å². The number of rotatable bonds is 3. The molecule has 1 aromatic carbocycles. The van der Waals surface area contributed by atoms with Crippen molar-refractivity contribution in [2.24, 2.45) is 0 Å². The summed E-state index contributed by atoms with van der Waals surface area (Å²) in [6, 6.07) is 11.9. The van der Waals surface area contributed by atoms with Gasteiger partial charge >= 0.3 is 0 Å². The molecule has 1 atom stereocenters. The highest BCUT2D eigenvalue weighted by Gasteiger charge is 2.10. The predicted octanol–water partition coefficient (Wildman–Crippen LogP) is 3.68. The van der Waals surface area contributed by atoms with E-state index in [0.717, 1.165) is 5.69 Å². The van der Waals surface area contributed by atoms with Crippen LogP contribution >= 0.6 is 11.3 Å². The Morgan fingerprint density at radius 2 is 2.11 bits per heavy atom. The molecule has 2 aromatic rings. The third-order valence-electron chi connectivity index (χ3n) is 2.72. The maximum absolute atomic E-state index is 9.09. The molecule has 1 heterocycles. The van der Waals surface area contributed by atoms with Gasteiger partial charge in [-0.1, -0.05) is 0 Å². The number of aryl methyl sites for hydroxylation is 1. The number of thiophene rings is 1. The van der Waals surface area contributed by atoms with Crippen LogP contribution in [0.5, 0.6) is 0 Å². The first-order chi connectivity index (χ1) is 8.60. The molecule has 0 fully saturated rings. The molecule has 0 saturated carbocycles. The van der Waals surface area contributed by atoms with E-state index in [0.29, 0.717) is 11.3 Å². The Morgan fingerprint density at radius 3 is 2.72 bits per heavy atom. The van der Waals surface area contributed by atoms with Gasteiger partial charge in [0.1, 0.15) is 6.07 Å². The molecule has 4 heteroatoms. The maximum Gasteiger partial charge on any atom is 0.101 e. The fourth-order valence-electron chi connectivity index (χ4n) is 1.77. The average molecular weight is 257 g/mol. The highest BCUT2D eigenvalue weighted by molar-refractivity contribution is 7.12. The lowest BCUT2D eigenvalue weighted by molar-refractivity contribution is 0.907. The lowest BCUT2D eigenvalue weighted by Crippen LogP contribution is -2.06. The molecule has 0 bridgehead atoms. The molecule has 1 aromatic heterocycles. The Bertz CT molecular complexity index is 595. The summed E-state index contributed by atoms with van der Waals surface area (Å²) in [6.07, 6.45) is 0. The molecule has 0 aliphatic heterocycles. The molecule has 3 N–H and O–H groups in total. The monoisotopic (exact) mass is 257 g/mol. The van der Waals surface area contributed by atoms with Crippen molar-refractivity contribution in [1.29, 1.82) is 5.26 Å². The lowest BCUT2D eigenvalue weighted by Gasteiger charge is -2.15. The minimum atomic E-state index is 0.180. The van der Waals surface area contributed by atoms with Gasteiger partial charge in [0.25, 0.3) is 0 Å². The van der Waals surface area contributed by atoms with E-state index in [2.05, 4.69) is 37.4 Å². The Balaban J connectivity index is 2.22. The van der Waals surface area contributed by atoms with Crippen LogP contribution in [0.1, 0.15) is 28.3 Å². The zero-order valence-electron chi connectivity index (χ0n) is 10.4. The quantitative estimate of drug-likeness (QED) is 0.824. The van der Waals surface area contributed by atoms with Gasteiger partial charge in [0, 0.05) is 15.4 Å². The van der Waals surface area contributed by atoms with E-state index in [-0.39, 0.29) is 6.04 Å². The molecule has 1 unspecified atom stereocenters. The van der Waals surface area contributed by atoms with E-state index in [1.165, 1.54) is 9.75 Å². The van der Waals surface area contributed by atoms with Gasteiger partial charge < -0.3 is 11.1 Å². The third-order valence-corrected chi connectivity index (χ3v) is 3.91. The number of anilines is 2. The van der Waals surface area contributed by atoms with E-state index < -0.39 is 0 Å². The Kier molecular flexibility index (Phi) is 3.54. The van der Waals surface area contributed by atoms with Gasteiger partial charge in [-0.25, -0.2) is 0 Å². The van der Waals surface area contributed by atoms with Gasteiger partial charge in [0.15, 0.2) is 0 Å². The standard InChI is InChI=1S/C14H15N3S/c1-9-3-6-14(18-9)10(2)17-13-5-4-12(16)7-11(13)8-15/h3-7,10,17H,16H2,1-2H3. The van der Waals surface area contributed by atoms with E-state index in [9.17, 15) is 0 Å². The van der Waals surface area contributed by atoms with Crippen LogP contribution in [0, 0.1) is 18.3 Å². The van der Waals surface area contributed by atoms with Crippen LogP contribution in [0.15, 0.2) is 30.3 Å². The summed E-state index contributed by atoms with van der Waals surface area (Å²) in [6.45, 7) is 4.17. The van der Waals surface area contributed by atoms with Gasteiger partial charge in [-0.05, 0) is 44.2 Å². The number of benzene rings is 1. The molecule has 18 heavy (non-hydrogen) atoms. The number of nitrogens with two attached hydrogens (primary N) is 1. The lowest BCUT2D eigenvalue weighted by atomic mass is 10.1. The van der Waals surface area contributed by atoms with Crippen LogP contribution in [-0.2, 0) is 0 Å². The third kappa shape index (κ3) is 2.63. The summed E-state index contributed by atoms with van der Waals surface area (Å²) in [5.41, 5.74) is 7.68. The smallest absolute Gasteiger partial charge is 0.101 e. The Labute approximate surface area is 111 Å². The molecule has 2 rings (SSSR count). The number of hydrogen-bond donors (Lipinski definition) is 2. The van der Waals surface area contributed by atoms with Gasteiger partial charge in [-0.2, -0.15) is 5.26 Å². The number of nitrogens with zero attached hydrogens (tertiary/aromatic N) is 1. The van der Waals surface area contributed by atoms with Crippen molar-refractivity contribution in [3.8, 4) is 6.07 Å². The Hall–Kier alpha value is -1.99. The van der Waals surface area contributed by atoms with E-state index in [4.69, 9.17) is 11.0 Å². The summed E-state index contributed by atoms with van der Waals surface area (Å²) in [5.74, 6) is 0. The molecule has 0 aliphatic carbocycles. The van der Waals surface area contributed by atoms with Crippen molar-refractivity contribution >= 4 is 22.7 Å². The van der Waals surface area contributed by atoms with E-state index in [1.807, 2.05) is 6.07 Å². The van der Waals surface area contributed by atoms with Crippen molar-refractivity contribution in [2.45, 2.75) is 19.9 Å². The van der Waals surface area contributed by atoms with Crippen LogP contribution in [0.3, 0.4) is 0 Å². The maximum atomic E-state index is 9.09. The normalized spacial score (nSPS) is 11.8. The van der Waals surface area contributed by atoms with Crippen molar-refractivity contribution in [3.63, 3.8) is 0 Å². The minimum absolute atomic E-state index is 0.180. The van der Waals surface area contributed by atoms with Crippen molar-refractivity contribution in [2.75, 3.05) is 11.1 Å². The Morgan fingerprint density at radius 1 is 1.33 bits per heavy atom. The number of nitrogen functional groups attached to an aromatic ring is 1. The zero-order valence-corrected chi connectivity index (χ0v) is 11.2. The molecule has 0 spiro atoms. The first kappa shape index (κ1) is 12.5. The molecule has 0 saturated heterocycles. The second kappa shape index (κ2) is 5.11. The van der Waals surface area contributed by atoms with E-state index >= 15 is 0 Å². The summed E-state index contributed by atoms with van der Waals surface area (Å²) in [5, 5.41) is 12.4. The van der Waals surface area contributed by atoms with Crippen molar-refractivity contribution in [3.05, 3.63) is 45.6 Å². The number of nitrogens with one attached hydrogen (secondary N) is 1. The molecular weight excluding hydrogens is 242 g/mol. The molecule has 0 radical (unpaired) electrons. The SMILES string of the molecule is Cc1ccc(C(C)Nc2ccc(N)cc2C#N)s1. The number of nitriles is 1. The summed E-state index contributed by atoms with van der Waals surface area (Å²) in [4.78, 5) is 2.55. The topological polar surface area (TPSA) is 61.8 Å². The van der Waals surface area contributed by atoms with Crippen LogP contribution in [0.2, 0.25) is 0 Å². The van der Waals surface area contributed by atoms with Gasteiger partial charge in [-0.15, -0.1) is 11.3 Å². The summed E-state index contributed by atoms with van der Waals surface area (Å²) >= 11 is 1.76. The van der Waals surface area contributed by atoms with Crippen molar-refractivity contribution in [1.82, 2.24) is 0 Å². The van der Waals surface area contributed by atoms with Crippen LogP contribution in [-0.4, -0.2) is 0 Å². The van der Waals surface area contributed by atoms with Crippen molar-refractivity contribution < 1.29 is 0 Å². The molecular formula is C14H15N3S. The molecule has 92 valence electrons. The minimum Gasteiger partial charge on any atom is -0.399 e. The van der Waals surface area contributed by atoms with E-state index in [1.54, 1.807) is 23.5 Å². The summed E-state index contributed by atoms with van der Waals surface area (Å²) in [7, 11) is 0. The zero-order chi connectivity index (χ0) is 13.1. The highest BCUT2D eigenvalue weighted by Crippen LogP contribution is 2.27. The molecule has 0 amide bonds. The first-order valence-corrected chi connectivity index (χ1v) is 6.54. The second-order valence-corrected chi connectivity index (χ2v) is 5.55. The number of hydrogen-bond acceptors (Lipinski definition) is 4. The predicted molar refractivity (Wildman–Crippen MR) is 76.7 cm³/mol. The summed E-state index contributed by atoms with van der Waals surface area (Å²) < 4.78 is 0. The second-order valence-electron chi connectivity index (χ2n) is 4.23. The van der Waals surface area contributed by atoms with Crippen LogP contribution in [0.4, 0.5) is 11.4 Å². The molecule has 0 aliphatic rings. The average Bonchev–Trinajstić information content (AvgIpc) is 2.78.